The molecule has 0 aliphatic carbocycles. The van der Waals surface area contributed by atoms with Crippen molar-refractivity contribution < 1.29 is 14.4 Å². The van der Waals surface area contributed by atoms with Gasteiger partial charge in [0.2, 0.25) is 5.91 Å². The van der Waals surface area contributed by atoms with Gasteiger partial charge < -0.3 is 5.32 Å². The highest BCUT2D eigenvalue weighted by atomic mass is 35.5. The highest BCUT2D eigenvalue weighted by Crippen LogP contribution is 2.33. The van der Waals surface area contributed by atoms with Gasteiger partial charge in [-0.25, -0.2) is 0 Å². The lowest BCUT2D eigenvalue weighted by Crippen LogP contribution is -2.36. The summed E-state index contributed by atoms with van der Waals surface area (Å²) >= 11 is 8.44. The summed E-state index contributed by atoms with van der Waals surface area (Å²) in [5.74, 6) is -0.938. The Morgan fingerprint density at radius 1 is 1.22 bits per heavy atom. The Kier molecular flexibility index (Phi) is 6.26. The maximum absolute atomic E-state index is 12.5. The topological polar surface area (TPSA) is 66.5 Å². The lowest BCUT2D eigenvalue weighted by molar-refractivity contribution is -0.127. The van der Waals surface area contributed by atoms with Crippen molar-refractivity contribution in [2.75, 3.05) is 18.1 Å². The zero-order valence-electron chi connectivity index (χ0n) is 14.3. The standard InChI is InChI=1S/C19H15ClN2O3S2/c1-26-14-7-4-6-13(10-14)21-17(23)11-22-18(24)16(27-19(22)25)9-12-5-2-3-8-15(12)20/h2-10H,11H2,1H3,(H,21,23)/b16-9+. The maximum Gasteiger partial charge on any atom is 0.294 e. The molecule has 0 radical (unpaired) electrons. The quantitative estimate of drug-likeness (QED) is 0.561. The predicted molar refractivity (Wildman–Crippen MR) is 111 cm³/mol. The van der Waals surface area contributed by atoms with Crippen molar-refractivity contribution in [1.29, 1.82) is 0 Å². The largest absolute Gasteiger partial charge is 0.324 e. The third kappa shape index (κ3) is 4.74. The molecule has 1 N–H and O–H groups in total. The first-order valence-corrected chi connectivity index (χ1v) is 10.3. The van der Waals surface area contributed by atoms with Crippen LogP contribution in [0.3, 0.4) is 0 Å². The number of carbonyl (C=O) groups excluding carboxylic acids is 3. The van der Waals surface area contributed by atoms with Gasteiger partial charge in [0.1, 0.15) is 6.54 Å². The Hall–Kier alpha value is -2.22. The van der Waals surface area contributed by atoms with Crippen LogP contribution in [-0.2, 0) is 9.59 Å². The van der Waals surface area contributed by atoms with E-state index in [-0.39, 0.29) is 11.4 Å². The second kappa shape index (κ2) is 8.65. The summed E-state index contributed by atoms with van der Waals surface area (Å²) in [6, 6.07) is 14.4. The second-order valence-electron chi connectivity index (χ2n) is 5.57. The predicted octanol–water partition coefficient (Wildman–Crippen LogP) is 4.74. The van der Waals surface area contributed by atoms with Crippen LogP contribution >= 0.6 is 35.1 Å². The van der Waals surface area contributed by atoms with Crippen molar-refractivity contribution in [2.45, 2.75) is 4.90 Å². The van der Waals surface area contributed by atoms with E-state index in [0.717, 1.165) is 21.6 Å². The van der Waals surface area contributed by atoms with E-state index in [1.807, 2.05) is 24.5 Å². The molecular formula is C19H15ClN2O3S2. The smallest absolute Gasteiger partial charge is 0.294 e. The number of imide groups is 1. The third-order valence-electron chi connectivity index (χ3n) is 3.72. The molecule has 0 atom stereocenters. The van der Waals surface area contributed by atoms with Crippen LogP contribution < -0.4 is 5.32 Å². The van der Waals surface area contributed by atoms with Crippen LogP contribution in [0.25, 0.3) is 6.08 Å². The summed E-state index contributed by atoms with van der Waals surface area (Å²) < 4.78 is 0. The fourth-order valence-corrected chi connectivity index (χ4v) is 3.89. The lowest BCUT2D eigenvalue weighted by Gasteiger charge is -2.12. The van der Waals surface area contributed by atoms with E-state index in [9.17, 15) is 14.4 Å². The molecule has 1 fully saturated rings. The van der Waals surface area contributed by atoms with E-state index in [2.05, 4.69) is 5.32 Å². The first-order chi connectivity index (χ1) is 13.0. The minimum absolute atomic E-state index is 0.241. The van der Waals surface area contributed by atoms with Crippen molar-refractivity contribution in [2.24, 2.45) is 0 Å². The monoisotopic (exact) mass is 418 g/mol. The molecule has 3 amide bonds. The molecule has 138 valence electrons. The number of rotatable bonds is 5. The molecule has 2 aromatic rings. The minimum atomic E-state index is -0.502. The molecule has 0 unspecified atom stereocenters. The average molecular weight is 419 g/mol. The number of anilines is 1. The number of nitrogens with zero attached hydrogens (tertiary/aromatic N) is 1. The van der Waals surface area contributed by atoms with Gasteiger partial charge in [0, 0.05) is 15.6 Å². The molecule has 27 heavy (non-hydrogen) atoms. The molecule has 1 heterocycles. The minimum Gasteiger partial charge on any atom is -0.324 e. The number of hydrogen-bond donors (Lipinski definition) is 1. The Balaban J connectivity index is 1.70. The van der Waals surface area contributed by atoms with E-state index in [1.54, 1.807) is 48.2 Å². The normalized spacial score (nSPS) is 15.5. The molecule has 1 aliphatic rings. The highest BCUT2D eigenvalue weighted by Gasteiger charge is 2.36. The van der Waals surface area contributed by atoms with Gasteiger partial charge in [-0.1, -0.05) is 35.9 Å². The van der Waals surface area contributed by atoms with Crippen molar-refractivity contribution in [3.63, 3.8) is 0 Å². The van der Waals surface area contributed by atoms with Gasteiger partial charge in [0.25, 0.3) is 11.1 Å². The molecule has 2 aromatic carbocycles. The summed E-state index contributed by atoms with van der Waals surface area (Å²) in [5.41, 5.74) is 1.26. The molecule has 0 aromatic heterocycles. The summed E-state index contributed by atoms with van der Waals surface area (Å²) in [4.78, 5) is 39.1. The Labute approximate surface area is 170 Å². The van der Waals surface area contributed by atoms with Gasteiger partial charge >= 0.3 is 0 Å². The Morgan fingerprint density at radius 2 is 2.00 bits per heavy atom. The van der Waals surface area contributed by atoms with Crippen molar-refractivity contribution in [1.82, 2.24) is 4.90 Å². The number of hydrogen-bond acceptors (Lipinski definition) is 5. The zero-order chi connectivity index (χ0) is 19.4. The maximum atomic E-state index is 12.5. The van der Waals surface area contributed by atoms with E-state index in [1.165, 1.54) is 0 Å². The number of benzene rings is 2. The highest BCUT2D eigenvalue weighted by molar-refractivity contribution is 8.18. The van der Waals surface area contributed by atoms with Crippen LogP contribution in [0.4, 0.5) is 10.5 Å². The van der Waals surface area contributed by atoms with Crippen LogP contribution in [0.5, 0.6) is 0 Å². The summed E-state index contributed by atoms with van der Waals surface area (Å²) in [7, 11) is 0. The van der Waals surface area contributed by atoms with Crippen LogP contribution in [0.15, 0.2) is 58.3 Å². The first kappa shape index (κ1) is 19.5. The molecule has 0 spiro atoms. The van der Waals surface area contributed by atoms with Gasteiger partial charge in [-0.2, -0.15) is 0 Å². The van der Waals surface area contributed by atoms with Gasteiger partial charge in [-0.3, -0.25) is 19.3 Å². The summed E-state index contributed by atoms with van der Waals surface area (Å²) in [6.45, 7) is -0.339. The van der Waals surface area contributed by atoms with Gasteiger partial charge in [-0.05, 0) is 53.9 Å². The molecule has 8 heteroatoms. The van der Waals surface area contributed by atoms with Gasteiger partial charge in [-0.15, -0.1) is 11.8 Å². The second-order valence-corrected chi connectivity index (χ2v) is 7.85. The number of nitrogens with one attached hydrogen (secondary N) is 1. The zero-order valence-corrected chi connectivity index (χ0v) is 16.7. The fraction of sp³-hybridized carbons (Fsp3) is 0.105. The SMILES string of the molecule is CSc1cccc(NC(=O)CN2C(=O)S/C(=C/c3ccccc3Cl)C2=O)c1. The molecule has 1 saturated heterocycles. The van der Waals surface area contributed by atoms with Crippen molar-refractivity contribution in [3.05, 3.63) is 64.0 Å². The van der Waals surface area contributed by atoms with Crippen molar-refractivity contribution >= 4 is 63.9 Å². The Bertz CT molecular complexity index is 946. The third-order valence-corrected chi connectivity index (χ3v) is 5.70. The number of halogens is 1. The van der Waals surface area contributed by atoms with Gasteiger partial charge in [0.15, 0.2) is 0 Å². The number of carbonyl (C=O) groups is 3. The van der Waals surface area contributed by atoms with E-state index in [4.69, 9.17) is 11.6 Å². The Morgan fingerprint density at radius 3 is 2.74 bits per heavy atom. The average Bonchev–Trinajstić information content (AvgIpc) is 2.91. The summed E-state index contributed by atoms with van der Waals surface area (Å²) in [6.07, 6.45) is 3.50. The molecule has 5 nitrogen and oxygen atoms in total. The van der Waals surface area contributed by atoms with Crippen LogP contribution in [0, 0.1) is 0 Å². The molecule has 3 rings (SSSR count). The van der Waals surface area contributed by atoms with E-state index >= 15 is 0 Å². The van der Waals surface area contributed by atoms with Crippen LogP contribution in [-0.4, -0.2) is 34.8 Å². The van der Waals surface area contributed by atoms with E-state index < -0.39 is 17.1 Å². The summed E-state index contributed by atoms with van der Waals surface area (Å²) in [5, 5.41) is 2.71. The van der Waals surface area contributed by atoms with Gasteiger partial charge in [0.05, 0.1) is 4.91 Å². The van der Waals surface area contributed by atoms with E-state index in [0.29, 0.717) is 16.3 Å². The number of thioether (sulfide) groups is 2. The molecular weight excluding hydrogens is 404 g/mol. The molecule has 0 saturated carbocycles. The van der Waals surface area contributed by atoms with Crippen LogP contribution in [0.2, 0.25) is 5.02 Å². The molecule has 1 aliphatic heterocycles. The van der Waals surface area contributed by atoms with Crippen molar-refractivity contribution in [3.8, 4) is 0 Å². The van der Waals surface area contributed by atoms with Crippen LogP contribution in [0.1, 0.15) is 5.56 Å². The number of amides is 3. The fourth-order valence-electron chi connectivity index (χ4n) is 2.41. The molecule has 0 bridgehead atoms. The lowest BCUT2D eigenvalue weighted by atomic mass is 10.2. The first-order valence-electron chi connectivity index (χ1n) is 7.92.